The first-order valence-electron chi connectivity index (χ1n) is 9.65. The number of benzene rings is 2. The van der Waals surface area contributed by atoms with Crippen molar-refractivity contribution in [3.8, 4) is 17.2 Å². The van der Waals surface area contributed by atoms with E-state index in [0.717, 1.165) is 13.1 Å². The number of nitrogens with one attached hydrogen (secondary N) is 1. The fourth-order valence-electron chi connectivity index (χ4n) is 3.58. The van der Waals surface area contributed by atoms with Crippen LogP contribution in [0.1, 0.15) is 11.1 Å². The van der Waals surface area contributed by atoms with Crippen molar-refractivity contribution >= 4 is 29.8 Å². The highest BCUT2D eigenvalue weighted by Gasteiger charge is 2.23. The van der Waals surface area contributed by atoms with Gasteiger partial charge in [-0.3, -0.25) is 0 Å². The van der Waals surface area contributed by atoms with Gasteiger partial charge in [0.2, 0.25) is 5.75 Å². The normalized spacial score (nSPS) is 13.4. The van der Waals surface area contributed by atoms with Crippen molar-refractivity contribution in [3.63, 3.8) is 0 Å². The number of aryl methyl sites for hydroxylation is 1. The van der Waals surface area contributed by atoms with Gasteiger partial charge in [-0.1, -0.05) is 12.1 Å². The predicted octanol–water partition coefficient (Wildman–Crippen LogP) is 4.11. The third kappa shape index (κ3) is 4.84. The van der Waals surface area contributed by atoms with Gasteiger partial charge in [-0.05, 0) is 31.0 Å². The number of ether oxygens (including phenoxy) is 3. The molecule has 3 rings (SSSR count). The largest absolute Gasteiger partial charge is 0.493 e. The minimum Gasteiger partial charge on any atom is -0.493 e. The molecule has 2 amide bonds. The van der Waals surface area contributed by atoms with Crippen molar-refractivity contribution in [1.29, 1.82) is 0 Å². The minimum atomic E-state index is -0.139. The van der Waals surface area contributed by atoms with Gasteiger partial charge < -0.3 is 29.3 Å². The average Bonchev–Trinajstić information content (AvgIpc) is 2.75. The van der Waals surface area contributed by atoms with Gasteiger partial charge in [0, 0.05) is 44.0 Å². The molecule has 1 aliphatic rings. The number of hydrogen-bond donors (Lipinski definition) is 1. The number of hydrogen-bond acceptors (Lipinski definition) is 5. The molecule has 0 atom stereocenters. The number of anilines is 2. The highest BCUT2D eigenvalue weighted by molar-refractivity contribution is 5.90. The fraction of sp³-hybridized carbons (Fsp3) is 0.409. The smallest absolute Gasteiger partial charge is 0.321 e. The van der Waals surface area contributed by atoms with Crippen molar-refractivity contribution in [2.75, 3.05) is 57.7 Å². The highest BCUT2D eigenvalue weighted by atomic mass is 35.5. The summed E-state index contributed by atoms with van der Waals surface area (Å²) in [5, 5.41) is 2.94. The first-order chi connectivity index (χ1) is 14.0. The Morgan fingerprint density at radius 1 is 0.933 bits per heavy atom. The Balaban J connectivity index is 0.00000320. The van der Waals surface area contributed by atoms with E-state index in [-0.39, 0.29) is 18.4 Å². The molecule has 0 unspecified atom stereocenters. The standard InChI is InChI=1S/C22H29N3O4.ClH/c1-15-7-6-8-18(16(15)2)24-9-11-25(12-10-24)22(26)23-17-13-19(27-3)21(29-5)20(14-17)28-4;/h6-8,13-14H,9-12H2,1-5H3,(H,23,26);1H. The summed E-state index contributed by atoms with van der Waals surface area (Å²) < 4.78 is 16.0. The second-order valence-corrected chi connectivity index (χ2v) is 7.04. The number of piperazine rings is 1. The molecule has 0 bridgehead atoms. The molecule has 0 aliphatic carbocycles. The maximum absolute atomic E-state index is 12.8. The molecule has 1 N–H and O–H groups in total. The van der Waals surface area contributed by atoms with Crippen LogP contribution in [0, 0.1) is 13.8 Å². The number of urea groups is 1. The summed E-state index contributed by atoms with van der Waals surface area (Å²) in [7, 11) is 4.65. The SMILES string of the molecule is COc1cc(NC(=O)N2CCN(c3cccc(C)c3C)CC2)cc(OC)c1OC.Cl. The first kappa shape index (κ1) is 23.5. The maximum Gasteiger partial charge on any atom is 0.321 e. The fourth-order valence-corrected chi connectivity index (χ4v) is 3.58. The molecule has 0 saturated carbocycles. The minimum absolute atomic E-state index is 0. The lowest BCUT2D eigenvalue weighted by atomic mass is 10.1. The van der Waals surface area contributed by atoms with Gasteiger partial charge >= 0.3 is 6.03 Å². The van der Waals surface area contributed by atoms with E-state index >= 15 is 0 Å². The van der Waals surface area contributed by atoms with Crippen LogP contribution in [0.3, 0.4) is 0 Å². The molecule has 1 aliphatic heterocycles. The van der Waals surface area contributed by atoms with Crippen LogP contribution in [0.25, 0.3) is 0 Å². The molecule has 0 spiro atoms. The van der Waals surface area contributed by atoms with Crippen LogP contribution in [0.5, 0.6) is 17.2 Å². The number of amides is 2. The number of halogens is 1. The number of carbonyl (C=O) groups is 1. The van der Waals surface area contributed by atoms with Gasteiger partial charge in [0.15, 0.2) is 11.5 Å². The second kappa shape index (κ2) is 10.3. The summed E-state index contributed by atoms with van der Waals surface area (Å²) in [6, 6.07) is 9.67. The van der Waals surface area contributed by atoms with E-state index < -0.39 is 0 Å². The third-order valence-corrected chi connectivity index (χ3v) is 5.40. The van der Waals surface area contributed by atoms with Crippen LogP contribution in [-0.4, -0.2) is 58.4 Å². The lowest BCUT2D eigenvalue weighted by molar-refractivity contribution is 0.208. The van der Waals surface area contributed by atoms with E-state index in [0.29, 0.717) is 36.0 Å². The Morgan fingerprint density at radius 2 is 1.53 bits per heavy atom. The van der Waals surface area contributed by atoms with Crippen molar-refractivity contribution in [1.82, 2.24) is 4.90 Å². The Hall–Kier alpha value is -2.80. The Bertz CT molecular complexity index is 858. The lowest BCUT2D eigenvalue weighted by Crippen LogP contribution is -2.50. The molecular formula is C22H30ClN3O4. The van der Waals surface area contributed by atoms with Crippen LogP contribution < -0.4 is 24.4 Å². The molecule has 0 radical (unpaired) electrons. The molecule has 2 aromatic carbocycles. The molecule has 0 aromatic heterocycles. The molecule has 30 heavy (non-hydrogen) atoms. The second-order valence-electron chi connectivity index (χ2n) is 7.04. The van der Waals surface area contributed by atoms with Crippen molar-refractivity contribution in [2.24, 2.45) is 0 Å². The van der Waals surface area contributed by atoms with E-state index in [1.54, 1.807) is 33.5 Å². The Kier molecular flexibility index (Phi) is 8.06. The summed E-state index contributed by atoms with van der Waals surface area (Å²) in [6.45, 7) is 7.18. The summed E-state index contributed by atoms with van der Waals surface area (Å²) in [5.41, 5.74) is 4.42. The average molecular weight is 436 g/mol. The number of carbonyl (C=O) groups excluding carboxylic acids is 1. The van der Waals surface area contributed by atoms with Crippen molar-refractivity contribution in [2.45, 2.75) is 13.8 Å². The molecule has 1 saturated heterocycles. The first-order valence-corrected chi connectivity index (χ1v) is 9.65. The number of nitrogens with zero attached hydrogens (tertiary/aromatic N) is 2. The molecule has 2 aromatic rings. The van der Waals surface area contributed by atoms with Crippen LogP contribution in [0.15, 0.2) is 30.3 Å². The lowest BCUT2D eigenvalue weighted by Gasteiger charge is -2.37. The van der Waals surface area contributed by atoms with E-state index in [1.165, 1.54) is 16.8 Å². The summed E-state index contributed by atoms with van der Waals surface area (Å²) in [4.78, 5) is 16.9. The van der Waals surface area contributed by atoms with Crippen LogP contribution >= 0.6 is 12.4 Å². The van der Waals surface area contributed by atoms with Gasteiger partial charge in [-0.15, -0.1) is 12.4 Å². The van der Waals surface area contributed by atoms with E-state index in [2.05, 4.69) is 42.3 Å². The highest BCUT2D eigenvalue weighted by Crippen LogP contribution is 2.40. The maximum atomic E-state index is 12.8. The monoisotopic (exact) mass is 435 g/mol. The van der Waals surface area contributed by atoms with Gasteiger partial charge in [0.25, 0.3) is 0 Å². The summed E-state index contributed by atoms with van der Waals surface area (Å²) in [5.74, 6) is 1.50. The van der Waals surface area contributed by atoms with Crippen LogP contribution in [0.2, 0.25) is 0 Å². The van der Waals surface area contributed by atoms with Gasteiger partial charge in [-0.2, -0.15) is 0 Å². The van der Waals surface area contributed by atoms with Gasteiger partial charge in [-0.25, -0.2) is 4.79 Å². The quantitative estimate of drug-likeness (QED) is 0.765. The molecule has 164 valence electrons. The van der Waals surface area contributed by atoms with Gasteiger partial charge in [0.05, 0.1) is 27.0 Å². The van der Waals surface area contributed by atoms with E-state index in [4.69, 9.17) is 14.2 Å². The van der Waals surface area contributed by atoms with E-state index in [1.807, 2.05) is 4.90 Å². The third-order valence-electron chi connectivity index (χ3n) is 5.40. The Morgan fingerprint density at radius 3 is 2.07 bits per heavy atom. The van der Waals surface area contributed by atoms with Crippen molar-refractivity contribution < 1.29 is 19.0 Å². The zero-order valence-electron chi connectivity index (χ0n) is 18.2. The zero-order valence-corrected chi connectivity index (χ0v) is 19.0. The van der Waals surface area contributed by atoms with Crippen LogP contribution in [0.4, 0.5) is 16.2 Å². The molecule has 7 nitrogen and oxygen atoms in total. The summed E-state index contributed by atoms with van der Waals surface area (Å²) in [6.07, 6.45) is 0. The van der Waals surface area contributed by atoms with Crippen LogP contribution in [-0.2, 0) is 0 Å². The number of rotatable bonds is 5. The zero-order chi connectivity index (χ0) is 21.0. The Labute approximate surface area is 184 Å². The number of methoxy groups -OCH3 is 3. The topological polar surface area (TPSA) is 63.3 Å². The molecule has 1 fully saturated rings. The van der Waals surface area contributed by atoms with E-state index in [9.17, 15) is 4.79 Å². The molecule has 8 heteroatoms. The molecule has 1 heterocycles. The predicted molar refractivity (Wildman–Crippen MR) is 122 cm³/mol. The summed E-state index contributed by atoms with van der Waals surface area (Å²) >= 11 is 0. The van der Waals surface area contributed by atoms with Crippen molar-refractivity contribution in [3.05, 3.63) is 41.5 Å². The van der Waals surface area contributed by atoms with Gasteiger partial charge in [0.1, 0.15) is 0 Å². The molecular weight excluding hydrogens is 406 g/mol.